The van der Waals surface area contributed by atoms with Gasteiger partial charge < -0.3 is 16.0 Å². The number of fused-ring (bicyclic) bond motifs is 1. The van der Waals surface area contributed by atoms with Crippen molar-refractivity contribution in [3.63, 3.8) is 0 Å². The second kappa shape index (κ2) is 5.83. The van der Waals surface area contributed by atoms with Crippen molar-refractivity contribution in [2.24, 2.45) is 11.7 Å². The van der Waals surface area contributed by atoms with Crippen molar-refractivity contribution in [2.75, 3.05) is 0 Å². The number of H-pyrrole nitrogens is 1. The van der Waals surface area contributed by atoms with Crippen LogP contribution in [0, 0.1) is 5.92 Å². The van der Waals surface area contributed by atoms with Gasteiger partial charge in [-0.25, -0.2) is 0 Å². The maximum absolute atomic E-state index is 12.1. The molecule has 0 saturated carbocycles. The zero-order valence-electron chi connectivity index (χ0n) is 12.1. The second-order valence-electron chi connectivity index (χ2n) is 5.13. The summed E-state index contributed by atoms with van der Waals surface area (Å²) in [4.78, 5) is 26.3. The molecule has 0 aliphatic carbocycles. The van der Waals surface area contributed by atoms with Crippen LogP contribution in [0.5, 0.6) is 0 Å². The Morgan fingerprint density at radius 2 is 1.95 bits per heavy atom. The van der Waals surface area contributed by atoms with Gasteiger partial charge in [0.1, 0.15) is 6.04 Å². The van der Waals surface area contributed by atoms with Gasteiger partial charge in [0.15, 0.2) is 0 Å². The fraction of sp³-hybridized carbons (Fsp3) is 0.250. The van der Waals surface area contributed by atoms with E-state index in [1.807, 2.05) is 30.5 Å². The van der Waals surface area contributed by atoms with Crippen LogP contribution in [-0.2, 0) is 9.59 Å². The molecule has 0 bridgehead atoms. The van der Waals surface area contributed by atoms with E-state index >= 15 is 0 Å². The van der Waals surface area contributed by atoms with E-state index < -0.39 is 17.9 Å². The molecule has 2 atom stereocenters. The molecule has 0 spiro atoms. The van der Waals surface area contributed by atoms with E-state index in [9.17, 15) is 9.59 Å². The standard InChI is InChI=1S/C16H19N3O2/c1-9(10(2)16(21)19-11(3)15(17)20)13-8-18-14-7-5-4-6-12(13)14/h4-8,10-11,18H,1H2,2-3H3,(H2,17,20)(H,19,21)/t10-,11+/m0/s1. The molecule has 0 radical (unpaired) electrons. The number of hydrogen-bond acceptors (Lipinski definition) is 2. The predicted molar refractivity (Wildman–Crippen MR) is 83.3 cm³/mol. The van der Waals surface area contributed by atoms with Crippen molar-refractivity contribution in [3.05, 3.63) is 42.6 Å². The van der Waals surface area contributed by atoms with E-state index in [1.165, 1.54) is 0 Å². The Bertz CT molecular complexity index is 702. The molecule has 4 N–H and O–H groups in total. The van der Waals surface area contributed by atoms with Gasteiger partial charge in [-0.15, -0.1) is 0 Å². The van der Waals surface area contributed by atoms with Crippen LogP contribution < -0.4 is 11.1 Å². The summed E-state index contributed by atoms with van der Waals surface area (Å²) >= 11 is 0. The predicted octanol–water partition coefficient (Wildman–Crippen LogP) is 1.81. The van der Waals surface area contributed by atoms with Crippen LogP contribution in [0.4, 0.5) is 0 Å². The largest absolute Gasteiger partial charge is 0.368 e. The summed E-state index contributed by atoms with van der Waals surface area (Å²) < 4.78 is 0. The Kier molecular flexibility index (Phi) is 4.12. The molecule has 1 aromatic heterocycles. The van der Waals surface area contributed by atoms with Gasteiger partial charge >= 0.3 is 0 Å². The quantitative estimate of drug-likeness (QED) is 0.782. The van der Waals surface area contributed by atoms with Crippen LogP contribution in [0.25, 0.3) is 16.5 Å². The molecule has 2 aromatic rings. The summed E-state index contributed by atoms with van der Waals surface area (Å²) in [7, 11) is 0. The second-order valence-corrected chi connectivity index (χ2v) is 5.13. The molecule has 0 saturated heterocycles. The molecule has 0 aliphatic heterocycles. The molecule has 0 fully saturated rings. The van der Waals surface area contributed by atoms with E-state index in [4.69, 9.17) is 5.73 Å². The molecule has 0 aliphatic rings. The lowest BCUT2D eigenvalue weighted by atomic mass is 9.94. The third-order valence-corrected chi connectivity index (χ3v) is 3.64. The lowest BCUT2D eigenvalue weighted by Crippen LogP contribution is -2.44. The third kappa shape index (κ3) is 2.97. The maximum Gasteiger partial charge on any atom is 0.239 e. The van der Waals surface area contributed by atoms with Gasteiger partial charge in [0.2, 0.25) is 11.8 Å². The highest BCUT2D eigenvalue weighted by Crippen LogP contribution is 2.28. The Hall–Kier alpha value is -2.56. The van der Waals surface area contributed by atoms with Crippen LogP contribution >= 0.6 is 0 Å². The molecular formula is C16H19N3O2. The zero-order valence-corrected chi connectivity index (χ0v) is 12.1. The number of aromatic amines is 1. The van der Waals surface area contributed by atoms with Crippen LogP contribution in [0.15, 0.2) is 37.0 Å². The molecular weight excluding hydrogens is 266 g/mol. The zero-order chi connectivity index (χ0) is 15.6. The Morgan fingerprint density at radius 1 is 1.29 bits per heavy atom. The van der Waals surface area contributed by atoms with Gasteiger partial charge in [-0.3, -0.25) is 9.59 Å². The highest BCUT2D eigenvalue weighted by atomic mass is 16.2. The van der Waals surface area contributed by atoms with Gasteiger partial charge in [0.25, 0.3) is 0 Å². The van der Waals surface area contributed by atoms with Gasteiger partial charge in [0, 0.05) is 22.7 Å². The normalized spacial score (nSPS) is 13.6. The number of amides is 2. The smallest absolute Gasteiger partial charge is 0.239 e. The lowest BCUT2D eigenvalue weighted by molar-refractivity contribution is -0.128. The fourth-order valence-electron chi connectivity index (χ4n) is 2.14. The summed E-state index contributed by atoms with van der Waals surface area (Å²) in [5.41, 5.74) is 7.74. The van der Waals surface area contributed by atoms with E-state index in [-0.39, 0.29) is 5.91 Å². The minimum atomic E-state index is -0.698. The van der Waals surface area contributed by atoms with Gasteiger partial charge in [-0.2, -0.15) is 0 Å². The summed E-state index contributed by atoms with van der Waals surface area (Å²) in [6.45, 7) is 7.34. The number of rotatable bonds is 5. The average Bonchev–Trinajstić information content (AvgIpc) is 2.89. The fourth-order valence-corrected chi connectivity index (χ4v) is 2.14. The summed E-state index contributed by atoms with van der Waals surface area (Å²) in [6.07, 6.45) is 1.84. The number of nitrogens with two attached hydrogens (primary N) is 1. The summed E-state index contributed by atoms with van der Waals surface area (Å²) in [5.74, 6) is -1.28. The molecule has 0 unspecified atom stereocenters. The molecule has 5 heteroatoms. The highest BCUT2D eigenvalue weighted by Gasteiger charge is 2.22. The van der Waals surface area contributed by atoms with Crippen LogP contribution in [0.3, 0.4) is 0 Å². The van der Waals surface area contributed by atoms with Crippen molar-refractivity contribution in [1.29, 1.82) is 0 Å². The average molecular weight is 285 g/mol. The van der Waals surface area contributed by atoms with Crippen LogP contribution in [0.2, 0.25) is 0 Å². The number of hydrogen-bond donors (Lipinski definition) is 3. The van der Waals surface area contributed by atoms with Crippen molar-refractivity contribution >= 4 is 28.3 Å². The topological polar surface area (TPSA) is 88.0 Å². The van der Waals surface area contributed by atoms with Crippen LogP contribution in [0.1, 0.15) is 19.4 Å². The number of carbonyl (C=O) groups excluding carboxylic acids is 2. The number of benzene rings is 1. The Labute approximate surface area is 123 Å². The van der Waals surface area contributed by atoms with Crippen molar-refractivity contribution < 1.29 is 9.59 Å². The van der Waals surface area contributed by atoms with E-state index in [0.717, 1.165) is 16.5 Å². The number of nitrogens with one attached hydrogen (secondary N) is 2. The van der Waals surface area contributed by atoms with E-state index in [2.05, 4.69) is 16.9 Å². The highest BCUT2D eigenvalue weighted by molar-refractivity contribution is 5.99. The molecule has 21 heavy (non-hydrogen) atoms. The molecule has 2 amide bonds. The Morgan fingerprint density at radius 3 is 2.62 bits per heavy atom. The first-order chi connectivity index (χ1) is 9.91. The SMILES string of the molecule is C=C(c1c[nH]c2ccccc12)[C@H](C)C(=O)N[C@H](C)C(N)=O. The monoisotopic (exact) mass is 285 g/mol. The Balaban J connectivity index is 2.19. The van der Waals surface area contributed by atoms with Crippen LogP contribution in [-0.4, -0.2) is 22.8 Å². The van der Waals surface area contributed by atoms with Crippen molar-refractivity contribution in [1.82, 2.24) is 10.3 Å². The molecule has 1 heterocycles. The molecule has 2 rings (SSSR count). The summed E-state index contributed by atoms with van der Waals surface area (Å²) in [6, 6.07) is 7.12. The number of para-hydroxylation sites is 1. The van der Waals surface area contributed by atoms with Gasteiger partial charge in [0.05, 0.1) is 5.92 Å². The first-order valence-corrected chi connectivity index (χ1v) is 6.76. The van der Waals surface area contributed by atoms with E-state index in [1.54, 1.807) is 13.8 Å². The number of primary amides is 1. The number of carbonyl (C=O) groups is 2. The minimum Gasteiger partial charge on any atom is -0.368 e. The molecule has 1 aromatic carbocycles. The maximum atomic E-state index is 12.1. The first-order valence-electron chi connectivity index (χ1n) is 6.76. The van der Waals surface area contributed by atoms with Gasteiger partial charge in [-0.05, 0) is 25.5 Å². The first kappa shape index (κ1) is 14.8. The minimum absolute atomic E-state index is 0.267. The van der Waals surface area contributed by atoms with Crippen molar-refractivity contribution in [2.45, 2.75) is 19.9 Å². The third-order valence-electron chi connectivity index (χ3n) is 3.64. The van der Waals surface area contributed by atoms with Crippen molar-refractivity contribution in [3.8, 4) is 0 Å². The molecule has 110 valence electrons. The lowest BCUT2D eigenvalue weighted by Gasteiger charge is -2.17. The molecule has 5 nitrogen and oxygen atoms in total. The van der Waals surface area contributed by atoms with E-state index in [0.29, 0.717) is 5.57 Å². The van der Waals surface area contributed by atoms with Gasteiger partial charge in [-0.1, -0.05) is 24.8 Å². The summed E-state index contributed by atoms with van der Waals surface area (Å²) in [5, 5.41) is 3.60. The number of aromatic nitrogens is 1.